The third-order valence-corrected chi connectivity index (χ3v) is 5.96. The highest BCUT2D eigenvalue weighted by atomic mass is 19.1. The van der Waals surface area contributed by atoms with Crippen molar-refractivity contribution in [3.8, 4) is 11.4 Å². The predicted molar refractivity (Wildman–Crippen MR) is 128 cm³/mol. The van der Waals surface area contributed by atoms with Crippen molar-refractivity contribution in [3.63, 3.8) is 0 Å². The number of nitrogens with zero attached hydrogens (tertiary/aromatic N) is 2. The van der Waals surface area contributed by atoms with Crippen molar-refractivity contribution >= 4 is 23.6 Å². The van der Waals surface area contributed by atoms with Crippen molar-refractivity contribution in [2.75, 3.05) is 19.1 Å². The summed E-state index contributed by atoms with van der Waals surface area (Å²) in [5.41, 5.74) is 4.85. The van der Waals surface area contributed by atoms with Gasteiger partial charge in [-0.2, -0.15) is 0 Å². The molecule has 1 aromatic heterocycles. The number of amides is 1. The summed E-state index contributed by atoms with van der Waals surface area (Å²) in [4.78, 5) is 27.8. The zero-order chi connectivity index (χ0) is 24.6. The van der Waals surface area contributed by atoms with Gasteiger partial charge in [0.25, 0.3) is 5.91 Å². The summed E-state index contributed by atoms with van der Waals surface area (Å²) in [5, 5.41) is 0. The van der Waals surface area contributed by atoms with E-state index in [0.717, 1.165) is 22.6 Å². The number of aromatic nitrogens is 1. The summed E-state index contributed by atoms with van der Waals surface area (Å²) in [6.45, 7) is 5.56. The molecule has 0 saturated heterocycles. The Hall–Kier alpha value is -4.13. The van der Waals surface area contributed by atoms with Gasteiger partial charge in [-0.05, 0) is 74.9 Å². The highest BCUT2D eigenvalue weighted by Crippen LogP contribution is 2.37. The molecule has 34 heavy (non-hydrogen) atoms. The molecule has 7 heteroatoms. The van der Waals surface area contributed by atoms with E-state index in [1.165, 1.54) is 24.1 Å². The lowest BCUT2D eigenvalue weighted by molar-refractivity contribution is -0.136. The first-order chi connectivity index (χ1) is 16.3. The number of esters is 1. The molecule has 0 fully saturated rings. The van der Waals surface area contributed by atoms with Crippen molar-refractivity contribution in [1.82, 2.24) is 4.57 Å². The Bertz CT molecular complexity index is 1350. The highest BCUT2D eigenvalue weighted by Gasteiger charge is 2.38. The summed E-state index contributed by atoms with van der Waals surface area (Å²) in [5.74, 6) is -0.642. The number of hydrogen-bond acceptors (Lipinski definition) is 4. The molecule has 6 nitrogen and oxygen atoms in total. The number of methoxy groups -OCH3 is 2. The van der Waals surface area contributed by atoms with E-state index in [4.69, 9.17) is 9.47 Å². The van der Waals surface area contributed by atoms with Gasteiger partial charge >= 0.3 is 5.97 Å². The van der Waals surface area contributed by atoms with Crippen LogP contribution in [0.25, 0.3) is 11.8 Å². The van der Waals surface area contributed by atoms with Crippen LogP contribution in [-0.4, -0.2) is 30.7 Å². The minimum Gasteiger partial charge on any atom is -0.497 e. The van der Waals surface area contributed by atoms with Crippen molar-refractivity contribution in [3.05, 3.63) is 94.2 Å². The Morgan fingerprint density at radius 3 is 2.32 bits per heavy atom. The maximum absolute atomic E-state index is 13.6. The lowest BCUT2D eigenvalue weighted by Gasteiger charge is -2.18. The topological polar surface area (TPSA) is 60.8 Å². The molecular weight excluding hydrogens is 435 g/mol. The van der Waals surface area contributed by atoms with Crippen LogP contribution in [0, 0.1) is 19.7 Å². The number of halogens is 1. The molecule has 2 aromatic carbocycles. The van der Waals surface area contributed by atoms with Crippen LogP contribution in [0.3, 0.4) is 0 Å². The second kappa shape index (κ2) is 9.02. The van der Waals surface area contributed by atoms with Crippen molar-refractivity contribution in [2.45, 2.75) is 20.8 Å². The molecule has 3 aromatic rings. The number of benzene rings is 2. The van der Waals surface area contributed by atoms with E-state index < -0.39 is 5.97 Å². The van der Waals surface area contributed by atoms with Crippen LogP contribution < -0.4 is 9.64 Å². The Morgan fingerprint density at radius 2 is 1.68 bits per heavy atom. The van der Waals surface area contributed by atoms with Crippen LogP contribution in [-0.2, 0) is 14.3 Å². The van der Waals surface area contributed by atoms with Crippen molar-refractivity contribution < 1.29 is 23.5 Å². The highest BCUT2D eigenvalue weighted by molar-refractivity contribution is 6.23. The van der Waals surface area contributed by atoms with E-state index in [9.17, 15) is 14.0 Å². The smallest absolute Gasteiger partial charge is 0.340 e. The standard InChI is InChI=1S/C27H25FN2O4/c1-16-13-19(17(2)29(16)21-11-9-20(28)10-12-21)14-24-25(27(32)34-5)18(3)30(26(24)31)22-7-6-8-23(15-22)33-4/h6-15H,1-5H3/b24-14-. The third-order valence-electron chi connectivity index (χ3n) is 5.96. The van der Waals surface area contributed by atoms with Gasteiger partial charge in [0.15, 0.2) is 0 Å². The molecule has 0 saturated carbocycles. The molecule has 0 radical (unpaired) electrons. The SMILES string of the molecule is COC(=O)C1=C(C)N(c2cccc(OC)c2)C(=O)/C1=C\c1cc(C)n(-c2ccc(F)cc2)c1C. The normalized spacial score (nSPS) is 14.8. The third kappa shape index (κ3) is 3.90. The largest absolute Gasteiger partial charge is 0.497 e. The minimum atomic E-state index is -0.588. The van der Waals surface area contributed by atoms with E-state index in [1.54, 1.807) is 56.5 Å². The molecule has 0 bridgehead atoms. The summed E-state index contributed by atoms with van der Waals surface area (Å²) in [6.07, 6.45) is 1.71. The Kier molecular flexibility index (Phi) is 6.11. The van der Waals surface area contributed by atoms with Gasteiger partial charge in [-0.3, -0.25) is 9.69 Å². The summed E-state index contributed by atoms with van der Waals surface area (Å²) >= 11 is 0. The Labute approximate surface area is 197 Å². The van der Waals surface area contributed by atoms with Gasteiger partial charge in [-0.15, -0.1) is 0 Å². The second-order valence-corrected chi connectivity index (χ2v) is 7.99. The predicted octanol–water partition coefficient (Wildman–Crippen LogP) is 5.12. The molecule has 0 aliphatic carbocycles. The summed E-state index contributed by atoms with van der Waals surface area (Å²) in [6, 6.07) is 15.2. The quantitative estimate of drug-likeness (QED) is 0.392. The molecule has 0 unspecified atom stereocenters. The van der Waals surface area contributed by atoms with E-state index >= 15 is 0 Å². The van der Waals surface area contributed by atoms with Crippen LogP contribution >= 0.6 is 0 Å². The fourth-order valence-electron chi connectivity index (χ4n) is 4.32. The number of hydrogen-bond donors (Lipinski definition) is 0. The number of anilines is 1. The molecule has 174 valence electrons. The maximum atomic E-state index is 13.6. The number of carbonyl (C=O) groups is 2. The van der Waals surface area contributed by atoms with Crippen molar-refractivity contribution in [2.24, 2.45) is 0 Å². The van der Waals surface area contributed by atoms with Gasteiger partial charge in [-0.1, -0.05) is 6.07 Å². The lowest BCUT2D eigenvalue weighted by Crippen LogP contribution is -2.24. The molecule has 4 rings (SSSR count). The van der Waals surface area contributed by atoms with E-state index in [-0.39, 0.29) is 22.9 Å². The molecule has 2 heterocycles. The molecule has 1 aliphatic heterocycles. The zero-order valence-electron chi connectivity index (χ0n) is 19.7. The number of ether oxygens (including phenoxy) is 2. The van der Waals surface area contributed by atoms with Gasteiger partial charge in [0.2, 0.25) is 0 Å². The zero-order valence-corrected chi connectivity index (χ0v) is 19.7. The van der Waals surface area contributed by atoms with Crippen LogP contribution in [0.4, 0.5) is 10.1 Å². The molecule has 1 aliphatic rings. The monoisotopic (exact) mass is 460 g/mol. The average Bonchev–Trinajstić information content (AvgIpc) is 3.25. The molecule has 0 atom stereocenters. The van der Waals surface area contributed by atoms with Crippen molar-refractivity contribution in [1.29, 1.82) is 0 Å². The summed E-state index contributed by atoms with van der Waals surface area (Å²) in [7, 11) is 2.84. The lowest BCUT2D eigenvalue weighted by atomic mass is 10.0. The van der Waals surface area contributed by atoms with Gasteiger partial charge in [-0.25, -0.2) is 9.18 Å². The van der Waals surface area contributed by atoms with Gasteiger partial charge in [0, 0.05) is 28.8 Å². The summed E-state index contributed by atoms with van der Waals surface area (Å²) < 4.78 is 25.7. The van der Waals surface area contributed by atoms with E-state index in [1.807, 2.05) is 24.5 Å². The molecule has 1 amide bonds. The van der Waals surface area contributed by atoms with Crippen LogP contribution in [0.2, 0.25) is 0 Å². The maximum Gasteiger partial charge on any atom is 0.340 e. The molecule has 0 spiro atoms. The average molecular weight is 461 g/mol. The Balaban J connectivity index is 1.84. The minimum absolute atomic E-state index is 0.210. The van der Waals surface area contributed by atoms with Crippen LogP contribution in [0.5, 0.6) is 5.75 Å². The number of aryl methyl sites for hydroxylation is 1. The van der Waals surface area contributed by atoms with E-state index in [0.29, 0.717) is 17.1 Å². The fourth-order valence-corrected chi connectivity index (χ4v) is 4.32. The van der Waals surface area contributed by atoms with Gasteiger partial charge < -0.3 is 14.0 Å². The van der Waals surface area contributed by atoms with Gasteiger partial charge in [0.1, 0.15) is 11.6 Å². The molecule has 0 N–H and O–H groups in total. The van der Waals surface area contributed by atoms with Gasteiger partial charge in [0.05, 0.1) is 31.1 Å². The first kappa shape index (κ1) is 23.0. The second-order valence-electron chi connectivity index (χ2n) is 7.99. The Morgan fingerprint density at radius 1 is 0.971 bits per heavy atom. The number of rotatable bonds is 5. The molecular formula is C27H25FN2O4. The van der Waals surface area contributed by atoms with Crippen LogP contribution in [0.15, 0.2) is 71.4 Å². The number of allylic oxidation sites excluding steroid dienone is 1. The van der Waals surface area contributed by atoms with E-state index in [2.05, 4.69) is 0 Å². The van der Waals surface area contributed by atoms with Crippen LogP contribution in [0.1, 0.15) is 23.9 Å². The fraction of sp³-hybridized carbons (Fsp3) is 0.185. The first-order valence-electron chi connectivity index (χ1n) is 10.7. The first-order valence-corrected chi connectivity index (χ1v) is 10.7. The number of carbonyl (C=O) groups excluding carboxylic acids is 2.